The number of methoxy groups -OCH3 is 1. The Morgan fingerprint density at radius 3 is 2.61 bits per heavy atom. The van der Waals surface area contributed by atoms with Crippen molar-refractivity contribution in [1.29, 1.82) is 0 Å². The summed E-state index contributed by atoms with van der Waals surface area (Å²) in [7, 11) is 1.50. The summed E-state index contributed by atoms with van der Waals surface area (Å²) in [5, 5.41) is 10.1. The molecule has 2 heterocycles. The molecule has 2 amide bonds. The van der Waals surface area contributed by atoms with Crippen LogP contribution in [0.3, 0.4) is 0 Å². The van der Waals surface area contributed by atoms with E-state index in [-0.39, 0.29) is 5.91 Å². The first-order valence-corrected chi connectivity index (χ1v) is 9.23. The number of nitrogens with zero attached hydrogens (tertiary/aromatic N) is 4. The van der Waals surface area contributed by atoms with Gasteiger partial charge in [0.15, 0.2) is 12.1 Å². The summed E-state index contributed by atoms with van der Waals surface area (Å²) < 4.78 is 5.13. The second kappa shape index (κ2) is 6.91. The molecular weight excluding hydrogens is 380 g/mol. The molecule has 0 spiro atoms. The summed E-state index contributed by atoms with van der Waals surface area (Å²) in [6.45, 7) is 4.43. The minimum atomic E-state index is -0.835. The molecule has 4 rings (SSSR count). The molecule has 8 heteroatoms. The van der Waals surface area contributed by atoms with Gasteiger partial charge in [-0.3, -0.25) is 14.6 Å². The first-order valence-electron chi connectivity index (χ1n) is 8.85. The zero-order chi connectivity index (χ0) is 20.0. The molecule has 0 saturated carbocycles. The number of hydrogen-bond acceptors (Lipinski definition) is 6. The molecule has 0 aliphatic carbocycles. The van der Waals surface area contributed by atoms with E-state index in [1.54, 1.807) is 23.2 Å². The Kier molecular flexibility index (Phi) is 4.55. The molecule has 2 atom stereocenters. The molecule has 2 aromatic carbocycles. The van der Waals surface area contributed by atoms with Gasteiger partial charge in [0.2, 0.25) is 0 Å². The van der Waals surface area contributed by atoms with Gasteiger partial charge >= 0.3 is 0 Å². The molecular formula is C20H19ClN4O3. The number of halogens is 1. The molecule has 0 bridgehead atoms. The Labute approximate surface area is 167 Å². The van der Waals surface area contributed by atoms with Gasteiger partial charge in [0, 0.05) is 0 Å². The average molecular weight is 399 g/mol. The third-order valence-corrected chi connectivity index (χ3v) is 5.38. The number of carbonyl (C=O) groups is 2. The Hall–Kier alpha value is -2.93. The lowest BCUT2D eigenvalue weighted by atomic mass is 10.0. The molecule has 1 saturated heterocycles. The fraction of sp³-hybridized carbons (Fsp3) is 0.300. The maximum absolute atomic E-state index is 13.1. The summed E-state index contributed by atoms with van der Waals surface area (Å²) >= 11 is 6.17. The van der Waals surface area contributed by atoms with E-state index in [0.717, 1.165) is 21.6 Å². The van der Waals surface area contributed by atoms with E-state index in [1.807, 2.05) is 26.0 Å². The predicted octanol–water partition coefficient (Wildman–Crippen LogP) is 3.46. The van der Waals surface area contributed by atoms with E-state index in [1.165, 1.54) is 7.11 Å². The molecule has 0 radical (unpaired) electrons. The quantitative estimate of drug-likeness (QED) is 0.739. The van der Waals surface area contributed by atoms with E-state index in [9.17, 15) is 9.59 Å². The summed E-state index contributed by atoms with van der Waals surface area (Å²) in [5.74, 6) is -0.282. The fourth-order valence-electron chi connectivity index (χ4n) is 3.55. The van der Waals surface area contributed by atoms with E-state index >= 15 is 0 Å². The number of hydrogen-bond donors (Lipinski definition) is 0. The van der Waals surface area contributed by atoms with E-state index in [0.29, 0.717) is 23.0 Å². The number of ether oxygens (including phenoxy) is 1. The minimum Gasteiger partial charge on any atom is -0.495 e. The van der Waals surface area contributed by atoms with Crippen LogP contribution in [-0.4, -0.2) is 36.0 Å². The zero-order valence-corrected chi connectivity index (χ0v) is 16.5. The van der Waals surface area contributed by atoms with Crippen molar-refractivity contribution in [1.82, 2.24) is 5.01 Å². The van der Waals surface area contributed by atoms with Crippen LogP contribution in [-0.2, 0) is 16.1 Å². The SMILES string of the molecule is COc1ccc(N2C(=O)[C@@H]3N=NN(Cc4cc(C)ccc4C)[C@H]3C2=O)cc1Cl. The highest BCUT2D eigenvalue weighted by atomic mass is 35.5. The Morgan fingerprint density at radius 2 is 1.89 bits per heavy atom. The van der Waals surface area contributed by atoms with Crippen LogP contribution in [0.15, 0.2) is 46.7 Å². The summed E-state index contributed by atoms with van der Waals surface area (Å²) in [4.78, 5) is 27.1. The third kappa shape index (κ3) is 2.92. The summed E-state index contributed by atoms with van der Waals surface area (Å²) in [6, 6.07) is 9.35. The van der Waals surface area contributed by atoms with Crippen LogP contribution in [0.5, 0.6) is 5.75 Å². The number of aryl methyl sites for hydroxylation is 2. The van der Waals surface area contributed by atoms with Crippen molar-refractivity contribution in [2.45, 2.75) is 32.5 Å². The summed E-state index contributed by atoms with van der Waals surface area (Å²) in [6.07, 6.45) is 0. The second-order valence-electron chi connectivity index (χ2n) is 6.95. The van der Waals surface area contributed by atoms with Gasteiger partial charge in [-0.05, 0) is 43.2 Å². The lowest BCUT2D eigenvalue weighted by Crippen LogP contribution is -2.39. The number of fused-ring (bicyclic) bond motifs is 1. The molecule has 2 aliphatic heterocycles. The minimum absolute atomic E-state index is 0.325. The Balaban J connectivity index is 1.62. The van der Waals surface area contributed by atoms with Crippen molar-refractivity contribution >= 4 is 29.1 Å². The zero-order valence-electron chi connectivity index (χ0n) is 15.7. The predicted molar refractivity (Wildman–Crippen MR) is 104 cm³/mol. The Bertz CT molecular complexity index is 1010. The highest BCUT2D eigenvalue weighted by molar-refractivity contribution is 6.33. The van der Waals surface area contributed by atoms with E-state index in [4.69, 9.17) is 16.3 Å². The van der Waals surface area contributed by atoms with E-state index in [2.05, 4.69) is 16.4 Å². The van der Waals surface area contributed by atoms with Crippen molar-refractivity contribution in [3.8, 4) is 5.75 Å². The van der Waals surface area contributed by atoms with Gasteiger partial charge in [0.25, 0.3) is 11.8 Å². The fourth-order valence-corrected chi connectivity index (χ4v) is 3.80. The largest absolute Gasteiger partial charge is 0.495 e. The topological polar surface area (TPSA) is 74.6 Å². The second-order valence-corrected chi connectivity index (χ2v) is 7.36. The van der Waals surface area contributed by atoms with Crippen molar-refractivity contribution in [3.05, 3.63) is 58.1 Å². The highest BCUT2D eigenvalue weighted by Crippen LogP contribution is 2.36. The number of carbonyl (C=O) groups excluding carboxylic acids is 2. The average Bonchev–Trinajstić information content (AvgIpc) is 3.18. The Morgan fingerprint density at radius 1 is 1.11 bits per heavy atom. The van der Waals surface area contributed by atoms with Gasteiger partial charge < -0.3 is 4.74 Å². The maximum atomic E-state index is 13.1. The van der Waals surface area contributed by atoms with E-state index < -0.39 is 18.0 Å². The molecule has 28 heavy (non-hydrogen) atoms. The molecule has 7 nitrogen and oxygen atoms in total. The van der Waals surface area contributed by atoms with Crippen LogP contribution < -0.4 is 9.64 Å². The first kappa shape index (κ1) is 18.4. The number of imide groups is 1. The number of benzene rings is 2. The van der Waals surface area contributed by atoms with Gasteiger partial charge in [-0.25, -0.2) is 4.90 Å². The normalized spacial score (nSPS) is 20.9. The van der Waals surface area contributed by atoms with Crippen molar-refractivity contribution in [2.75, 3.05) is 12.0 Å². The maximum Gasteiger partial charge on any atom is 0.263 e. The van der Waals surface area contributed by atoms with Crippen molar-refractivity contribution in [2.24, 2.45) is 10.3 Å². The van der Waals surface area contributed by atoms with Crippen LogP contribution in [0, 0.1) is 13.8 Å². The third-order valence-electron chi connectivity index (χ3n) is 5.09. The van der Waals surface area contributed by atoms with Crippen molar-refractivity contribution < 1.29 is 14.3 Å². The van der Waals surface area contributed by atoms with Crippen LogP contribution in [0.4, 0.5) is 5.69 Å². The van der Waals surface area contributed by atoms with Crippen molar-refractivity contribution in [3.63, 3.8) is 0 Å². The highest BCUT2D eigenvalue weighted by Gasteiger charge is 2.54. The van der Waals surface area contributed by atoms with Gasteiger partial charge in [-0.1, -0.05) is 40.6 Å². The van der Waals surface area contributed by atoms with Gasteiger partial charge in [0.05, 0.1) is 24.4 Å². The molecule has 0 aromatic heterocycles. The number of anilines is 1. The lowest BCUT2D eigenvalue weighted by Gasteiger charge is -2.22. The molecule has 144 valence electrons. The number of amides is 2. The molecule has 1 fully saturated rings. The van der Waals surface area contributed by atoms with Gasteiger partial charge in [-0.15, -0.1) is 0 Å². The standard InChI is InChI=1S/C20H19ClN4O3/c1-11-4-5-12(2)13(8-11)10-24-18-17(22-23-24)19(26)25(20(18)27)14-6-7-16(28-3)15(21)9-14/h4-9,17-18H,10H2,1-3H3/t17-,18-/m1/s1. The monoisotopic (exact) mass is 398 g/mol. The van der Waals surface area contributed by atoms with Crippen LogP contribution in [0.25, 0.3) is 0 Å². The molecule has 0 N–H and O–H groups in total. The number of rotatable bonds is 4. The smallest absolute Gasteiger partial charge is 0.263 e. The van der Waals surface area contributed by atoms with Crippen LogP contribution in [0.1, 0.15) is 16.7 Å². The first-order chi connectivity index (χ1) is 13.4. The molecule has 0 unspecified atom stereocenters. The van der Waals surface area contributed by atoms with Gasteiger partial charge in [0.1, 0.15) is 5.75 Å². The van der Waals surface area contributed by atoms with Gasteiger partial charge in [-0.2, -0.15) is 5.11 Å². The summed E-state index contributed by atoms with van der Waals surface area (Å²) in [5.41, 5.74) is 3.67. The lowest BCUT2D eigenvalue weighted by molar-refractivity contribution is -0.123. The van der Waals surface area contributed by atoms with Crippen LogP contribution >= 0.6 is 11.6 Å². The molecule has 2 aliphatic rings. The molecule has 2 aromatic rings. The van der Waals surface area contributed by atoms with Crippen LogP contribution in [0.2, 0.25) is 5.02 Å².